The monoisotopic (exact) mass is 649 g/mol. The summed E-state index contributed by atoms with van der Waals surface area (Å²) in [7, 11) is 4.28. The summed E-state index contributed by atoms with van der Waals surface area (Å²) in [5.74, 6) is -0.681. The van der Waals surface area contributed by atoms with Gasteiger partial charge in [0.25, 0.3) is 0 Å². The van der Waals surface area contributed by atoms with Crippen LogP contribution >= 0.6 is 21.6 Å². The molecule has 0 radical (unpaired) electrons. The molecule has 240 valence electrons. The molecule has 0 aliphatic carbocycles. The largest absolute Gasteiger partial charge is 0.453 e. The summed E-state index contributed by atoms with van der Waals surface area (Å²) >= 11 is 0. The van der Waals surface area contributed by atoms with Crippen molar-refractivity contribution in [1.29, 1.82) is 0 Å². The minimum Gasteiger partial charge on any atom is -0.453 e. The molecule has 0 aliphatic rings. The van der Waals surface area contributed by atoms with E-state index < -0.39 is 42.1 Å². The van der Waals surface area contributed by atoms with Gasteiger partial charge < -0.3 is 41.8 Å². The third-order valence-electron chi connectivity index (χ3n) is 5.84. The number of ether oxygens (including phenoxy) is 2. The van der Waals surface area contributed by atoms with Crippen molar-refractivity contribution in [1.82, 2.24) is 26.3 Å². The zero-order valence-electron chi connectivity index (χ0n) is 24.8. The smallest absolute Gasteiger partial charge is 0.407 e. The van der Waals surface area contributed by atoms with Gasteiger partial charge >= 0.3 is 18.2 Å². The topological polar surface area (TPSA) is 203 Å². The molecule has 0 spiro atoms. The maximum Gasteiger partial charge on any atom is 0.407 e. The van der Waals surface area contributed by atoms with Crippen molar-refractivity contribution < 1.29 is 33.4 Å². The zero-order chi connectivity index (χ0) is 32.3. The van der Waals surface area contributed by atoms with Crippen LogP contribution < -0.4 is 32.3 Å². The van der Waals surface area contributed by atoms with Crippen molar-refractivity contribution in [3.63, 3.8) is 0 Å². The van der Waals surface area contributed by atoms with Gasteiger partial charge in [-0.05, 0) is 59.4 Å². The molecule has 0 aliphatic heterocycles. The fourth-order valence-electron chi connectivity index (χ4n) is 3.58. The molecule has 0 unspecified atom stereocenters. The van der Waals surface area contributed by atoms with Gasteiger partial charge in [-0.1, -0.05) is 42.8 Å². The molecule has 44 heavy (non-hydrogen) atoms. The highest BCUT2D eigenvalue weighted by Gasteiger charge is 2.29. The second-order valence-electron chi connectivity index (χ2n) is 9.61. The number of benzene rings is 1. The van der Waals surface area contributed by atoms with Crippen molar-refractivity contribution in [2.45, 2.75) is 50.4 Å². The van der Waals surface area contributed by atoms with Crippen LogP contribution in [0.15, 0.2) is 53.7 Å². The van der Waals surface area contributed by atoms with Gasteiger partial charge in [-0.15, -0.1) is 0 Å². The Balaban J connectivity index is 1.86. The third kappa shape index (κ3) is 14.3. The Hall–Kier alpha value is -4.18. The number of urea groups is 1. The van der Waals surface area contributed by atoms with Crippen molar-refractivity contribution in [3.8, 4) is 0 Å². The lowest BCUT2D eigenvalue weighted by Gasteiger charge is -2.25. The molecule has 7 N–H and O–H groups in total. The first-order chi connectivity index (χ1) is 21.1. The summed E-state index contributed by atoms with van der Waals surface area (Å²) in [6.07, 6.45) is 0.931. The summed E-state index contributed by atoms with van der Waals surface area (Å²) in [5, 5.41) is 13.9. The van der Waals surface area contributed by atoms with E-state index >= 15 is 0 Å². The highest BCUT2D eigenvalue weighted by molar-refractivity contribution is 8.76. The van der Waals surface area contributed by atoms with E-state index in [4.69, 9.17) is 10.5 Å². The molecule has 0 saturated heterocycles. The molecule has 0 bridgehead atoms. The minimum absolute atomic E-state index is 0.0330. The van der Waals surface area contributed by atoms with Crippen LogP contribution in [-0.2, 0) is 25.7 Å². The Kier molecular flexibility index (Phi) is 16.3. The number of rotatable bonds is 17. The van der Waals surface area contributed by atoms with Gasteiger partial charge in [0.05, 0.1) is 7.11 Å². The number of aromatic nitrogens is 1. The number of nitrogens with two attached hydrogens (primary N) is 1. The molecule has 14 nitrogen and oxygen atoms in total. The van der Waals surface area contributed by atoms with Crippen LogP contribution in [-0.4, -0.2) is 73.1 Å². The number of alkyl carbamates (subject to hydrolysis) is 2. The number of methoxy groups -OCH3 is 1. The van der Waals surface area contributed by atoms with Crippen LogP contribution in [0, 0.1) is 5.92 Å². The number of pyridine rings is 1. The number of hydrogen-bond donors (Lipinski definition) is 6. The Morgan fingerprint density at radius 2 is 1.68 bits per heavy atom. The first-order valence-corrected chi connectivity index (χ1v) is 16.1. The maximum absolute atomic E-state index is 13.1. The van der Waals surface area contributed by atoms with Crippen molar-refractivity contribution in [3.05, 3.63) is 54.2 Å². The highest BCUT2D eigenvalue weighted by Crippen LogP contribution is 2.28. The van der Waals surface area contributed by atoms with E-state index in [1.165, 1.54) is 17.9 Å². The minimum atomic E-state index is -0.981. The zero-order valence-corrected chi connectivity index (χ0v) is 26.4. The molecule has 2 atom stereocenters. The molecule has 2 aromatic rings. The molecule has 2 rings (SSSR count). The predicted octanol–water partition coefficient (Wildman–Crippen LogP) is 3.00. The van der Waals surface area contributed by atoms with Gasteiger partial charge in [0, 0.05) is 30.7 Å². The molecule has 16 heteroatoms. The number of nitrogens with zero attached hydrogens (tertiary/aromatic N) is 1. The lowest BCUT2D eigenvalue weighted by atomic mass is 10.0. The number of carbonyl (C=O) groups excluding carboxylic acids is 5. The van der Waals surface area contributed by atoms with Gasteiger partial charge in [-0.3, -0.25) is 9.59 Å². The molecule has 1 heterocycles. The number of primary amides is 1. The SMILES string of the molecule is COC(=O)N[C@H](C(=O)N[C@@H](CCCNC(N)=O)C(=O)Nc1ccc(COC(=O)NCCSSc2ccccn2)cc1)C(C)C. The van der Waals surface area contributed by atoms with E-state index in [1.54, 1.807) is 55.1 Å². The van der Waals surface area contributed by atoms with Gasteiger partial charge in [0.15, 0.2) is 0 Å². The first kappa shape index (κ1) is 36.0. The van der Waals surface area contributed by atoms with E-state index in [2.05, 4.69) is 36.3 Å². The summed E-state index contributed by atoms with van der Waals surface area (Å²) in [5.41, 5.74) is 6.26. The van der Waals surface area contributed by atoms with Crippen molar-refractivity contribution in [2.75, 3.05) is 31.3 Å². The Bertz CT molecular complexity index is 1220. The van der Waals surface area contributed by atoms with Gasteiger partial charge in [-0.25, -0.2) is 19.4 Å². The number of nitrogens with one attached hydrogen (secondary N) is 5. The lowest BCUT2D eigenvalue weighted by Crippen LogP contribution is -2.54. The molecule has 0 fully saturated rings. The Morgan fingerprint density at radius 1 is 0.932 bits per heavy atom. The number of carbonyl (C=O) groups is 5. The average Bonchev–Trinajstić information content (AvgIpc) is 3.00. The second kappa shape index (κ2) is 19.9. The van der Waals surface area contributed by atoms with E-state index in [-0.39, 0.29) is 25.5 Å². The van der Waals surface area contributed by atoms with E-state index in [1.807, 2.05) is 18.2 Å². The first-order valence-electron chi connectivity index (χ1n) is 13.8. The van der Waals surface area contributed by atoms with E-state index in [0.29, 0.717) is 30.0 Å². The normalized spacial score (nSPS) is 11.9. The highest BCUT2D eigenvalue weighted by atomic mass is 33.1. The standard InChI is InChI=1S/C28H39N7O7S2/c1-18(2)23(35-28(40)41-3)25(37)34-21(7-6-14-31-26(29)38)24(36)33-20-11-9-19(10-12-20)17-42-27(39)32-15-16-43-44-22-8-4-5-13-30-22/h4-5,8-13,18,21,23H,6-7,14-17H2,1-3H3,(H,32,39)(H,33,36)(H,34,37)(H,35,40)(H3,29,31,38)/t21-,23-/m0/s1. The second-order valence-corrected chi connectivity index (χ2v) is 12.1. The summed E-state index contributed by atoms with van der Waals surface area (Å²) in [4.78, 5) is 65.1. The fourth-order valence-corrected chi connectivity index (χ4v) is 5.36. The lowest BCUT2D eigenvalue weighted by molar-refractivity contribution is -0.128. The molecule has 0 saturated carbocycles. The molecular formula is C28H39N7O7S2. The van der Waals surface area contributed by atoms with Crippen LogP contribution in [0.3, 0.4) is 0 Å². The van der Waals surface area contributed by atoms with Gasteiger partial charge in [0.2, 0.25) is 11.8 Å². The van der Waals surface area contributed by atoms with Crippen LogP contribution in [0.5, 0.6) is 0 Å². The van der Waals surface area contributed by atoms with Crippen LogP contribution in [0.25, 0.3) is 0 Å². The van der Waals surface area contributed by atoms with Crippen LogP contribution in [0.4, 0.5) is 20.1 Å². The summed E-state index contributed by atoms with van der Waals surface area (Å²) < 4.78 is 9.85. The van der Waals surface area contributed by atoms with Crippen LogP contribution in [0.1, 0.15) is 32.3 Å². The predicted molar refractivity (Wildman–Crippen MR) is 169 cm³/mol. The van der Waals surface area contributed by atoms with Crippen molar-refractivity contribution in [2.24, 2.45) is 11.7 Å². The quantitative estimate of drug-likeness (QED) is 0.109. The molecular weight excluding hydrogens is 610 g/mol. The van der Waals surface area contributed by atoms with Gasteiger partial charge in [-0.2, -0.15) is 0 Å². The Morgan fingerprint density at radius 3 is 2.32 bits per heavy atom. The molecule has 6 amide bonds. The molecule has 1 aromatic heterocycles. The van der Waals surface area contributed by atoms with Gasteiger partial charge in [0.1, 0.15) is 23.7 Å². The number of amides is 6. The van der Waals surface area contributed by atoms with Crippen molar-refractivity contribution >= 4 is 57.3 Å². The summed E-state index contributed by atoms with van der Waals surface area (Å²) in [6.45, 7) is 4.15. The summed E-state index contributed by atoms with van der Waals surface area (Å²) in [6, 6.07) is 9.72. The Labute approximate surface area is 264 Å². The number of anilines is 1. The fraction of sp³-hybridized carbons (Fsp3) is 0.429. The number of hydrogen-bond acceptors (Lipinski definition) is 10. The van der Waals surface area contributed by atoms with E-state index in [0.717, 1.165) is 5.03 Å². The van der Waals surface area contributed by atoms with Crippen LogP contribution in [0.2, 0.25) is 0 Å². The third-order valence-corrected chi connectivity index (χ3v) is 8.10. The average molecular weight is 650 g/mol. The molecule has 1 aromatic carbocycles. The maximum atomic E-state index is 13.1. The van der Waals surface area contributed by atoms with E-state index in [9.17, 15) is 24.0 Å².